The molecule has 26 heavy (non-hydrogen) atoms. The fourth-order valence-corrected chi connectivity index (χ4v) is 3.82. The lowest BCUT2D eigenvalue weighted by Gasteiger charge is -2.22. The third kappa shape index (κ3) is 3.81. The number of nitrogens with zero attached hydrogens (tertiary/aromatic N) is 3. The first-order valence-corrected chi connectivity index (χ1v) is 9.39. The van der Waals surface area contributed by atoms with Crippen molar-refractivity contribution < 1.29 is 9.53 Å². The van der Waals surface area contributed by atoms with E-state index in [-0.39, 0.29) is 12.1 Å². The van der Waals surface area contributed by atoms with E-state index in [2.05, 4.69) is 20.9 Å². The Morgan fingerprint density at radius 2 is 1.96 bits per heavy atom. The molecule has 7 heteroatoms. The topological polar surface area (TPSA) is 81.1 Å². The molecule has 1 heterocycles. The Bertz CT molecular complexity index is 765. The van der Waals surface area contributed by atoms with Gasteiger partial charge in [0.25, 0.3) is 0 Å². The van der Waals surface area contributed by atoms with Crippen LogP contribution < -0.4 is 15.4 Å². The molecule has 1 atom stereocenters. The Morgan fingerprint density at radius 1 is 1.19 bits per heavy atom. The van der Waals surface area contributed by atoms with E-state index in [0.29, 0.717) is 6.10 Å². The third-order valence-corrected chi connectivity index (χ3v) is 5.25. The number of carbonyl (C=O) groups excluding carboxylic acids is 1. The second kappa shape index (κ2) is 7.35. The fourth-order valence-electron chi connectivity index (χ4n) is 3.82. The predicted molar refractivity (Wildman–Crippen MR) is 98.3 cm³/mol. The molecule has 7 nitrogen and oxygen atoms in total. The number of aromatic nitrogens is 3. The van der Waals surface area contributed by atoms with Crippen LogP contribution in [0, 0.1) is 0 Å². The highest BCUT2D eigenvalue weighted by Crippen LogP contribution is 2.25. The van der Waals surface area contributed by atoms with Crippen LogP contribution in [0.5, 0.6) is 5.75 Å². The maximum atomic E-state index is 12.3. The van der Waals surface area contributed by atoms with Crippen LogP contribution in [0.25, 0.3) is 0 Å². The number of rotatable bonds is 4. The number of nitrogens with one attached hydrogen (secondary N) is 2. The van der Waals surface area contributed by atoms with Crippen molar-refractivity contribution in [2.24, 2.45) is 7.05 Å². The Kier molecular flexibility index (Phi) is 4.77. The minimum absolute atomic E-state index is 0.0872. The van der Waals surface area contributed by atoms with Gasteiger partial charge in [-0.05, 0) is 62.8 Å². The lowest BCUT2D eigenvalue weighted by Crippen LogP contribution is -2.41. The van der Waals surface area contributed by atoms with Crippen LogP contribution in [0.15, 0.2) is 24.3 Å². The first-order valence-electron chi connectivity index (χ1n) is 9.39. The van der Waals surface area contributed by atoms with Gasteiger partial charge in [-0.3, -0.25) is 4.68 Å². The summed E-state index contributed by atoms with van der Waals surface area (Å²) in [5.74, 6) is 0.866. The van der Waals surface area contributed by atoms with Crippen molar-refractivity contribution in [2.75, 3.05) is 5.32 Å². The summed E-state index contributed by atoms with van der Waals surface area (Å²) in [6.45, 7) is 0. The van der Waals surface area contributed by atoms with E-state index in [4.69, 9.17) is 4.74 Å². The van der Waals surface area contributed by atoms with Crippen LogP contribution in [0.3, 0.4) is 0 Å². The Labute approximate surface area is 153 Å². The largest absolute Gasteiger partial charge is 0.490 e. The number of benzene rings is 1. The molecule has 0 radical (unpaired) electrons. The lowest BCUT2D eigenvalue weighted by molar-refractivity contribution is 0.210. The molecule has 0 spiro atoms. The SMILES string of the molecule is Cn1nnc2c1CCC(NC(=O)Nc1ccc(OC3CCCC3)cc1)C2. The molecule has 0 aliphatic heterocycles. The summed E-state index contributed by atoms with van der Waals surface area (Å²) < 4.78 is 7.77. The van der Waals surface area contributed by atoms with Crippen LogP contribution in [0.4, 0.5) is 10.5 Å². The van der Waals surface area contributed by atoms with Crippen LogP contribution in [-0.2, 0) is 19.9 Å². The number of amides is 2. The zero-order valence-corrected chi connectivity index (χ0v) is 15.1. The zero-order chi connectivity index (χ0) is 17.9. The fraction of sp³-hybridized carbons (Fsp3) is 0.526. The smallest absolute Gasteiger partial charge is 0.319 e. The van der Waals surface area contributed by atoms with Crippen molar-refractivity contribution in [2.45, 2.75) is 57.1 Å². The second-order valence-electron chi connectivity index (χ2n) is 7.19. The molecule has 2 aliphatic rings. The van der Waals surface area contributed by atoms with Gasteiger partial charge in [0.1, 0.15) is 5.75 Å². The van der Waals surface area contributed by atoms with Gasteiger partial charge >= 0.3 is 6.03 Å². The molecule has 1 fully saturated rings. The lowest BCUT2D eigenvalue weighted by atomic mass is 9.96. The number of fused-ring (bicyclic) bond motifs is 1. The Hall–Kier alpha value is -2.57. The number of hydrogen-bond acceptors (Lipinski definition) is 4. The molecule has 0 saturated heterocycles. The van der Waals surface area contributed by atoms with Crippen molar-refractivity contribution in [1.29, 1.82) is 0 Å². The molecule has 1 aromatic carbocycles. The highest BCUT2D eigenvalue weighted by Gasteiger charge is 2.24. The summed E-state index contributed by atoms with van der Waals surface area (Å²) >= 11 is 0. The average Bonchev–Trinajstić information content (AvgIpc) is 3.27. The Balaban J connectivity index is 1.28. The molecule has 4 rings (SSSR count). The van der Waals surface area contributed by atoms with Crippen molar-refractivity contribution >= 4 is 11.7 Å². The summed E-state index contributed by atoms with van der Waals surface area (Å²) in [5.41, 5.74) is 2.91. The number of carbonyl (C=O) groups is 1. The van der Waals surface area contributed by atoms with E-state index >= 15 is 0 Å². The summed E-state index contributed by atoms with van der Waals surface area (Å²) in [7, 11) is 1.91. The molecule has 2 N–H and O–H groups in total. The molecule has 1 unspecified atom stereocenters. The summed E-state index contributed by atoms with van der Waals surface area (Å²) in [4.78, 5) is 12.3. The molecule has 2 aliphatic carbocycles. The van der Waals surface area contributed by atoms with Gasteiger partial charge in [-0.15, -0.1) is 5.10 Å². The van der Waals surface area contributed by atoms with Gasteiger partial charge in [-0.25, -0.2) is 4.79 Å². The van der Waals surface area contributed by atoms with E-state index in [1.54, 1.807) is 0 Å². The predicted octanol–water partition coefficient (Wildman–Crippen LogP) is 2.82. The zero-order valence-electron chi connectivity index (χ0n) is 15.1. The van der Waals surface area contributed by atoms with Gasteiger partial charge in [-0.2, -0.15) is 0 Å². The van der Waals surface area contributed by atoms with E-state index in [9.17, 15) is 4.79 Å². The van der Waals surface area contributed by atoms with E-state index < -0.39 is 0 Å². The van der Waals surface area contributed by atoms with E-state index in [0.717, 1.165) is 49.2 Å². The number of hydrogen-bond donors (Lipinski definition) is 2. The quantitative estimate of drug-likeness (QED) is 0.884. The molecular weight excluding hydrogens is 330 g/mol. The maximum absolute atomic E-state index is 12.3. The molecule has 2 amide bonds. The van der Waals surface area contributed by atoms with Crippen LogP contribution in [0.2, 0.25) is 0 Å². The second-order valence-corrected chi connectivity index (χ2v) is 7.19. The van der Waals surface area contributed by atoms with Gasteiger partial charge in [0, 0.05) is 25.2 Å². The van der Waals surface area contributed by atoms with Crippen LogP contribution in [0.1, 0.15) is 43.5 Å². The number of aryl methyl sites for hydroxylation is 1. The summed E-state index contributed by atoms with van der Waals surface area (Å²) in [6, 6.07) is 7.49. The number of ether oxygens (including phenoxy) is 1. The minimum Gasteiger partial charge on any atom is -0.490 e. The molecule has 1 saturated carbocycles. The van der Waals surface area contributed by atoms with E-state index in [1.807, 2.05) is 36.0 Å². The van der Waals surface area contributed by atoms with E-state index in [1.165, 1.54) is 18.5 Å². The van der Waals surface area contributed by atoms with Gasteiger partial charge in [0.05, 0.1) is 17.5 Å². The number of anilines is 1. The Morgan fingerprint density at radius 3 is 2.73 bits per heavy atom. The third-order valence-electron chi connectivity index (χ3n) is 5.25. The molecule has 0 bridgehead atoms. The maximum Gasteiger partial charge on any atom is 0.319 e. The standard InChI is InChI=1S/C19H25N5O2/c1-24-18-11-8-14(12-17(18)22-23-24)21-19(25)20-13-6-9-16(10-7-13)26-15-4-2-3-5-15/h6-7,9-10,14-15H,2-5,8,11-12H2,1H3,(H2,20,21,25). The first-order chi connectivity index (χ1) is 12.7. The van der Waals surface area contributed by atoms with Gasteiger partial charge in [0.15, 0.2) is 0 Å². The number of urea groups is 1. The highest BCUT2D eigenvalue weighted by atomic mass is 16.5. The summed E-state index contributed by atoms with van der Waals surface area (Å²) in [6.07, 6.45) is 7.63. The van der Waals surface area contributed by atoms with Crippen molar-refractivity contribution in [3.8, 4) is 5.75 Å². The van der Waals surface area contributed by atoms with Crippen LogP contribution in [-0.4, -0.2) is 33.2 Å². The normalized spacial score (nSPS) is 19.8. The monoisotopic (exact) mass is 355 g/mol. The molecule has 138 valence electrons. The molecule has 1 aromatic heterocycles. The van der Waals surface area contributed by atoms with Crippen molar-refractivity contribution in [3.05, 3.63) is 35.7 Å². The van der Waals surface area contributed by atoms with Gasteiger partial charge in [0.2, 0.25) is 0 Å². The van der Waals surface area contributed by atoms with Gasteiger partial charge in [-0.1, -0.05) is 5.21 Å². The first kappa shape index (κ1) is 16.9. The summed E-state index contributed by atoms with van der Waals surface area (Å²) in [5, 5.41) is 14.2. The highest BCUT2D eigenvalue weighted by molar-refractivity contribution is 5.89. The van der Waals surface area contributed by atoms with Crippen molar-refractivity contribution in [3.63, 3.8) is 0 Å². The van der Waals surface area contributed by atoms with Gasteiger partial charge < -0.3 is 15.4 Å². The molecule has 2 aromatic rings. The molecular formula is C19H25N5O2. The minimum atomic E-state index is -0.188. The van der Waals surface area contributed by atoms with Crippen molar-refractivity contribution in [1.82, 2.24) is 20.3 Å². The average molecular weight is 355 g/mol. The van der Waals surface area contributed by atoms with Crippen LogP contribution >= 0.6 is 0 Å².